The summed E-state index contributed by atoms with van der Waals surface area (Å²) in [7, 11) is 1.91. The number of carbonyl (C=O) groups is 1. The number of nitrogens with zero attached hydrogens (tertiary/aromatic N) is 1. The molecule has 0 aliphatic rings. The second-order valence-corrected chi connectivity index (χ2v) is 5.33. The Balaban J connectivity index is 2.34. The third kappa shape index (κ3) is 6.14. The molecule has 1 unspecified atom stereocenters. The standard InChI is InChI=1S/C13H18BrNO3/c1-15(9-12(16)6-7-13(17)18)8-10-2-4-11(14)5-3-10/h2-5,12,16H,6-9H2,1H3,(H,17,18). The molecule has 0 saturated heterocycles. The molecule has 1 atom stereocenters. The van der Waals surface area contributed by atoms with Gasteiger partial charge in [0.05, 0.1) is 6.10 Å². The lowest BCUT2D eigenvalue weighted by Gasteiger charge is -2.20. The maximum Gasteiger partial charge on any atom is 0.303 e. The first-order chi connectivity index (χ1) is 8.47. The molecule has 0 radical (unpaired) electrons. The second kappa shape index (κ2) is 7.51. The smallest absolute Gasteiger partial charge is 0.303 e. The molecule has 4 nitrogen and oxygen atoms in total. The molecular weight excluding hydrogens is 298 g/mol. The molecule has 0 amide bonds. The fourth-order valence-corrected chi connectivity index (χ4v) is 1.97. The van der Waals surface area contributed by atoms with E-state index in [2.05, 4.69) is 15.9 Å². The Bertz CT molecular complexity index is 380. The van der Waals surface area contributed by atoms with Crippen molar-refractivity contribution in [2.75, 3.05) is 13.6 Å². The van der Waals surface area contributed by atoms with Crippen LogP contribution in [0.3, 0.4) is 0 Å². The van der Waals surface area contributed by atoms with Crippen LogP contribution in [0.25, 0.3) is 0 Å². The molecule has 18 heavy (non-hydrogen) atoms. The van der Waals surface area contributed by atoms with Crippen molar-refractivity contribution in [3.8, 4) is 0 Å². The molecule has 0 saturated carbocycles. The van der Waals surface area contributed by atoms with Crippen LogP contribution in [0, 0.1) is 0 Å². The highest BCUT2D eigenvalue weighted by Gasteiger charge is 2.10. The largest absolute Gasteiger partial charge is 0.481 e. The van der Waals surface area contributed by atoms with Gasteiger partial charge in [-0.1, -0.05) is 28.1 Å². The second-order valence-electron chi connectivity index (χ2n) is 4.41. The van der Waals surface area contributed by atoms with E-state index in [0.29, 0.717) is 13.0 Å². The van der Waals surface area contributed by atoms with Crippen molar-refractivity contribution in [1.82, 2.24) is 4.90 Å². The Morgan fingerprint density at radius 1 is 1.39 bits per heavy atom. The predicted octanol–water partition coefficient (Wildman–Crippen LogP) is 2.11. The number of carboxylic acids is 1. The summed E-state index contributed by atoms with van der Waals surface area (Å²) in [5.74, 6) is -0.871. The molecule has 2 N–H and O–H groups in total. The highest BCUT2D eigenvalue weighted by atomic mass is 79.9. The van der Waals surface area contributed by atoms with Crippen LogP contribution in [0.2, 0.25) is 0 Å². The van der Waals surface area contributed by atoms with Crippen molar-refractivity contribution in [1.29, 1.82) is 0 Å². The number of rotatable bonds is 7. The predicted molar refractivity (Wildman–Crippen MR) is 73.4 cm³/mol. The summed E-state index contributed by atoms with van der Waals surface area (Å²) < 4.78 is 1.04. The van der Waals surface area contributed by atoms with E-state index in [0.717, 1.165) is 16.6 Å². The van der Waals surface area contributed by atoms with Crippen LogP contribution in [-0.2, 0) is 11.3 Å². The van der Waals surface area contributed by atoms with Crippen molar-refractivity contribution in [3.05, 3.63) is 34.3 Å². The summed E-state index contributed by atoms with van der Waals surface area (Å²) in [5, 5.41) is 18.2. The van der Waals surface area contributed by atoms with Crippen molar-refractivity contribution in [3.63, 3.8) is 0 Å². The van der Waals surface area contributed by atoms with Crippen LogP contribution in [-0.4, -0.2) is 40.8 Å². The minimum Gasteiger partial charge on any atom is -0.481 e. The third-order valence-electron chi connectivity index (χ3n) is 2.58. The monoisotopic (exact) mass is 315 g/mol. The van der Waals surface area contributed by atoms with Crippen molar-refractivity contribution in [2.45, 2.75) is 25.5 Å². The summed E-state index contributed by atoms with van der Waals surface area (Å²) >= 11 is 3.38. The molecule has 0 spiro atoms. The molecule has 0 bridgehead atoms. The van der Waals surface area contributed by atoms with Gasteiger partial charge in [-0.05, 0) is 31.2 Å². The zero-order valence-electron chi connectivity index (χ0n) is 10.3. The molecule has 1 aromatic carbocycles. The van der Waals surface area contributed by atoms with Gasteiger partial charge in [-0.15, -0.1) is 0 Å². The summed E-state index contributed by atoms with van der Waals surface area (Å²) in [6, 6.07) is 7.99. The third-order valence-corrected chi connectivity index (χ3v) is 3.11. The maximum atomic E-state index is 10.4. The topological polar surface area (TPSA) is 60.8 Å². The van der Waals surface area contributed by atoms with Gasteiger partial charge in [0.25, 0.3) is 0 Å². The molecule has 0 aromatic heterocycles. The lowest BCUT2D eigenvalue weighted by atomic mass is 10.1. The maximum absolute atomic E-state index is 10.4. The van der Waals surface area contributed by atoms with Gasteiger partial charge in [0.2, 0.25) is 0 Å². The number of aliphatic hydroxyl groups excluding tert-OH is 1. The molecule has 1 rings (SSSR count). The van der Waals surface area contributed by atoms with E-state index in [4.69, 9.17) is 5.11 Å². The van der Waals surface area contributed by atoms with Crippen LogP contribution in [0.1, 0.15) is 18.4 Å². The Morgan fingerprint density at radius 3 is 2.56 bits per heavy atom. The van der Waals surface area contributed by atoms with E-state index in [9.17, 15) is 9.90 Å². The Morgan fingerprint density at radius 2 is 2.00 bits per heavy atom. The summed E-state index contributed by atoms with van der Waals surface area (Å²) in [6.07, 6.45) is -0.297. The SMILES string of the molecule is CN(Cc1ccc(Br)cc1)CC(O)CCC(=O)O. The highest BCUT2D eigenvalue weighted by Crippen LogP contribution is 2.12. The average molecular weight is 316 g/mol. The normalized spacial score (nSPS) is 12.7. The van der Waals surface area contributed by atoms with E-state index in [1.165, 1.54) is 0 Å². The summed E-state index contributed by atoms with van der Waals surface area (Å²) in [6.45, 7) is 1.21. The van der Waals surface area contributed by atoms with Gasteiger partial charge in [0.15, 0.2) is 0 Å². The van der Waals surface area contributed by atoms with E-state index in [1.807, 2.05) is 36.2 Å². The van der Waals surface area contributed by atoms with Crippen molar-refractivity contribution >= 4 is 21.9 Å². The fourth-order valence-electron chi connectivity index (χ4n) is 1.71. The first-order valence-corrected chi connectivity index (χ1v) is 6.59. The van der Waals surface area contributed by atoms with Gasteiger partial charge in [-0.25, -0.2) is 0 Å². The first-order valence-electron chi connectivity index (χ1n) is 5.80. The Labute approximate surface area is 115 Å². The van der Waals surface area contributed by atoms with Gasteiger partial charge < -0.3 is 10.2 Å². The van der Waals surface area contributed by atoms with Crippen LogP contribution in [0.5, 0.6) is 0 Å². The van der Waals surface area contributed by atoms with Crippen LogP contribution in [0.4, 0.5) is 0 Å². The number of halogens is 1. The highest BCUT2D eigenvalue weighted by molar-refractivity contribution is 9.10. The van der Waals surface area contributed by atoms with Crippen LogP contribution < -0.4 is 0 Å². The van der Waals surface area contributed by atoms with Gasteiger partial charge in [0.1, 0.15) is 0 Å². The number of likely N-dealkylation sites (N-methyl/N-ethyl adjacent to an activating group) is 1. The molecule has 0 aliphatic carbocycles. The lowest BCUT2D eigenvalue weighted by molar-refractivity contribution is -0.137. The Hall–Kier alpha value is -0.910. The molecule has 0 fully saturated rings. The average Bonchev–Trinajstić information content (AvgIpc) is 2.29. The molecule has 5 heteroatoms. The van der Waals surface area contributed by atoms with Gasteiger partial charge >= 0.3 is 5.97 Å². The molecule has 100 valence electrons. The minimum atomic E-state index is -0.871. The minimum absolute atomic E-state index is 0.00723. The molecule has 0 aliphatic heterocycles. The molecule has 1 aromatic rings. The van der Waals surface area contributed by atoms with E-state index in [1.54, 1.807) is 0 Å². The van der Waals surface area contributed by atoms with E-state index in [-0.39, 0.29) is 6.42 Å². The van der Waals surface area contributed by atoms with Crippen LogP contribution >= 0.6 is 15.9 Å². The number of carboxylic acid groups (broad SMARTS) is 1. The number of aliphatic carboxylic acids is 1. The van der Waals surface area contributed by atoms with Gasteiger partial charge in [-0.3, -0.25) is 9.69 Å². The van der Waals surface area contributed by atoms with Crippen molar-refractivity contribution in [2.24, 2.45) is 0 Å². The van der Waals surface area contributed by atoms with Gasteiger partial charge in [0, 0.05) is 24.0 Å². The number of hydrogen-bond donors (Lipinski definition) is 2. The quantitative estimate of drug-likeness (QED) is 0.809. The first kappa shape index (κ1) is 15.1. The van der Waals surface area contributed by atoms with E-state index >= 15 is 0 Å². The van der Waals surface area contributed by atoms with E-state index < -0.39 is 12.1 Å². The van der Waals surface area contributed by atoms with Crippen LogP contribution in [0.15, 0.2) is 28.7 Å². The Kier molecular flexibility index (Phi) is 6.32. The zero-order valence-corrected chi connectivity index (χ0v) is 11.9. The number of hydrogen-bond acceptors (Lipinski definition) is 3. The molecular formula is C13H18BrNO3. The molecule has 0 heterocycles. The number of aliphatic hydroxyl groups is 1. The summed E-state index contributed by atoms with van der Waals surface area (Å²) in [4.78, 5) is 12.4. The lowest BCUT2D eigenvalue weighted by Crippen LogP contribution is -2.29. The fraction of sp³-hybridized carbons (Fsp3) is 0.462. The van der Waals surface area contributed by atoms with Gasteiger partial charge in [-0.2, -0.15) is 0 Å². The van der Waals surface area contributed by atoms with Crippen molar-refractivity contribution < 1.29 is 15.0 Å². The number of benzene rings is 1. The zero-order chi connectivity index (χ0) is 13.5. The summed E-state index contributed by atoms with van der Waals surface area (Å²) in [5.41, 5.74) is 1.16.